The molecule has 1 aliphatic rings. The predicted octanol–water partition coefficient (Wildman–Crippen LogP) is 0.494. The van der Waals surface area contributed by atoms with Crippen molar-refractivity contribution in [3.8, 4) is 11.5 Å². The summed E-state index contributed by atoms with van der Waals surface area (Å²) in [5.74, 6) is -0.784. The molecule has 4 unspecified atom stereocenters. The van der Waals surface area contributed by atoms with E-state index in [0.717, 1.165) is 0 Å². The van der Waals surface area contributed by atoms with Gasteiger partial charge in [-0.2, -0.15) is 0 Å². The Kier molecular flexibility index (Phi) is 8.04. The summed E-state index contributed by atoms with van der Waals surface area (Å²) in [5.41, 5.74) is 0.474. The Morgan fingerprint density at radius 3 is 2.43 bits per heavy atom. The molecule has 166 valence electrons. The Morgan fingerprint density at radius 1 is 1.20 bits per heavy atom. The minimum absolute atomic E-state index is 0.0542. The molecule has 0 saturated carbocycles. The van der Waals surface area contributed by atoms with E-state index in [9.17, 15) is 19.8 Å². The number of aliphatic hydroxyl groups is 2. The summed E-state index contributed by atoms with van der Waals surface area (Å²) in [6, 6.07) is 2.95. The lowest BCUT2D eigenvalue weighted by molar-refractivity contribution is -0.226. The lowest BCUT2D eigenvalue weighted by Gasteiger charge is -2.35. The van der Waals surface area contributed by atoms with Crippen molar-refractivity contribution in [3.05, 3.63) is 35.6 Å². The molecule has 1 saturated heterocycles. The van der Waals surface area contributed by atoms with Crippen LogP contribution in [0, 0.1) is 0 Å². The number of esters is 1. The molecular formula is C20H27NO9. The number of rotatable bonds is 8. The van der Waals surface area contributed by atoms with Crippen LogP contribution in [0.1, 0.15) is 29.3 Å². The van der Waals surface area contributed by atoms with Crippen molar-refractivity contribution >= 4 is 11.9 Å². The molecule has 0 aromatic heterocycles. The maximum absolute atomic E-state index is 12.9. The van der Waals surface area contributed by atoms with Crippen molar-refractivity contribution in [2.45, 2.75) is 44.5 Å². The molecule has 1 aromatic rings. The number of hydrogen-bond acceptors (Lipinski definition) is 9. The number of methoxy groups -OCH3 is 3. The SMILES string of the molecule is C=C(OC)C(=O)NCc1cc(OC)c(OC)cc1C(=O)OC1CC(O)OC(C)C1O. The average molecular weight is 425 g/mol. The molecule has 0 bridgehead atoms. The molecule has 10 heteroatoms. The minimum Gasteiger partial charge on any atom is -0.493 e. The van der Waals surface area contributed by atoms with Gasteiger partial charge in [0.25, 0.3) is 5.91 Å². The zero-order valence-corrected chi connectivity index (χ0v) is 17.3. The molecule has 4 atom stereocenters. The molecule has 1 aliphatic heterocycles. The largest absolute Gasteiger partial charge is 0.493 e. The van der Waals surface area contributed by atoms with E-state index in [4.69, 9.17) is 23.7 Å². The molecule has 3 N–H and O–H groups in total. The highest BCUT2D eigenvalue weighted by atomic mass is 16.6. The van der Waals surface area contributed by atoms with Gasteiger partial charge < -0.3 is 39.2 Å². The predicted molar refractivity (Wildman–Crippen MR) is 104 cm³/mol. The summed E-state index contributed by atoms with van der Waals surface area (Å²) in [6.45, 7) is 4.98. The Balaban J connectivity index is 2.30. The molecule has 1 heterocycles. The number of aliphatic hydroxyl groups excluding tert-OH is 2. The first kappa shape index (κ1) is 23.5. The van der Waals surface area contributed by atoms with Gasteiger partial charge in [-0.3, -0.25) is 4.79 Å². The number of carbonyl (C=O) groups excluding carboxylic acids is 2. The highest BCUT2D eigenvalue weighted by molar-refractivity contribution is 5.93. The third-order valence-corrected chi connectivity index (χ3v) is 4.69. The fraction of sp³-hybridized carbons (Fsp3) is 0.500. The van der Waals surface area contributed by atoms with Gasteiger partial charge in [0, 0.05) is 13.0 Å². The molecule has 0 aliphatic carbocycles. The maximum Gasteiger partial charge on any atom is 0.338 e. The van der Waals surface area contributed by atoms with E-state index < -0.39 is 36.5 Å². The first-order chi connectivity index (χ1) is 14.2. The number of carbonyl (C=O) groups is 2. The zero-order valence-electron chi connectivity index (χ0n) is 17.3. The van der Waals surface area contributed by atoms with Crippen LogP contribution >= 0.6 is 0 Å². The maximum atomic E-state index is 12.9. The van der Waals surface area contributed by atoms with Gasteiger partial charge in [-0.15, -0.1) is 0 Å². The monoisotopic (exact) mass is 425 g/mol. The van der Waals surface area contributed by atoms with Gasteiger partial charge in [-0.25, -0.2) is 4.79 Å². The van der Waals surface area contributed by atoms with E-state index in [1.54, 1.807) is 6.92 Å². The van der Waals surface area contributed by atoms with Crippen LogP contribution in [-0.4, -0.2) is 68.0 Å². The van der Waals surface area contributed by atoms with Gasteiger partial charge in [0.15, 0.2) is 23.5 Å². The second-order valence-electron chi connectivity index (χ2n) is 6.64. The van der Waals surface area contributed by atoms with Gasteiger partial charge in [-0.05, 0) is 24.6 Å². The fourth-order valence-corrected chi connectivity index (χ4v) is 2.97. The van der Waals surface area contributed by atoms with E-state index in [-0.39, 0.29) is 30.0 Å². The topological polar surface area (TPSA) is 133 Å². The van der Waals surface area contributed by atoms with Crippen LogP contribution in [0.4, 0.5) is 0 Å². The van der Waals surface area contributed by atoms with E-state index in [0.29, 0.717) is 11.3 Å². The quantitative estimate of drug-likeness (QED) is 0.309. The number of nitrogens with one attached hydrogen (secondary N) is 1. The first-order valence-corrected chi connectivity index (χ1v) is 9.20. The molecule has 0 radical (unpaired) electrons. The number of hydrogen-bond donors (Lipinski definition) is 3. The molecule has 1 aromatic carbocycles. The van der Waals surface area contributed by atoms with Gasteiger partial charge in [0.1, 0.15) is 12.2 Å². The second kappa shape index (κ2) is 10.3. The number of ether oxygens (including phenoxy) is 5. The highest BCUT2D eigenvalue weighted by Crippen LogP contribution is 2.32. The fourth-order valence-electron chi connectivity index (χ4n) is 2.97. The second-order valence-corrected chi connectivity index (χ2v) is 6.64. The van der Waals surface area contributed by atoms with Crippen molar-refractivity contribution in [2.24, 2.45) is 0 Å². The summed E-state index contributed by atoms with van der Waals surface area (Å²) >= 11 is 0. The molecule has 10 nitrogen and oxygen atoms in total. The number of amides is 1. The summed E-state index contributed by atoms with van der Waals surface area (Å²) in [4.78, 5) is 24.8. The summed E-state index contributed by atoms with van der Waals surface area (Å²) < 4.78 is 25.8. The van der Waals surface area contributed by atoms with Crippen LogP contribution in [0.2, 0.25) is 0 Å². The zero-order chi connectivity index (χ0) is 22.4. The third-order valence-electron chi connectivity index (χ3n) is 4.69. The van der Waals surface area contributed by atoms with E-state index in [1.165, 1.54) is 33.5 Å². The third kappa shape index (κ3) is 5.41. The van der Waals surface area contributed by atoms with E-state index >= 15 is 0 Å². The van der Waals surface area contributed by atoms with E-state index in [1.807, 2.05) is 0 Å². The average Bonchev–Trinajstić information content (AvgIpc) is 2.73. The van der Waals surface area contributed by atoms with Crippen molar-refractivity contribution in [1.29, 1.82) is 0 Å². The molecule has 0 spiro atoms. The number of benzene rings is 1. The van der Waals surface area contributed by atoms with E-state index in [2.05, 4.69) is 11.9 Å². The standard InChI is InChI=1S/C20H27NO9/c1-10-18(23)16(8-17(22)29-10)30-20(25)13-7-15(28-5)14(27-4)6-12(13)9-21-19(24)11(2)26-3/h6-7,10,16-18,22-23H,2,8-9H2,1,3-5H3,(H,21,24). The van der Waals surface area contributed by atoms with Crippen molar-refractivity contribution in [3.63, 3.8) is 0 Å². The van der Waals surface area contributed by atoms with Crippen LogP contribution in [-0.2, 0) is 25.5 Å². The van der Waals surface area contributed by atoms with Gasteiger partial charge in [0.05, 0.1) is 33.0 Å². The van der Waals surface area contributed by atoms with Crippen molar-refractivity contribution in [2.75, 3.05) is 21.3 Å². The molecule has 2 rings (SSSR count). The summed E-state index contributed by atoms with van der Waals surface area (Å²) in [6.07, 6.45) is -4.03. The van der Waals surface area contributed by atoms with Crippen LogP contribution < -0.4 is 14.8 Å². The van der Waals surface area contributed by atoms with Crippen molar-refractivity contribution < 1.29 is 43.5 Å². The van der Waals surface area contributed by atoms with Crippen LogP contribution in [0.3, 0.4) is 0 Å². The van der Waals surface area contributed by atoms with Crippen LogP contribution in [0.5, 0.6) is 11.5 Å². The molecule has 1 fully saturated rings. The van der Waals surface area contributed by atoms with Gasteiger partial charge in [-0.1, -0.05) is 6.58 Å². The molecule has 30 heavy (non-hydrogen) atoms. The lowest BCUT2D eigenvalue weighted by Crippen LogP contribution is -2.48. The highest BCUT2D eigenvalue weighted by Gasteiger charge is 2.37. The van der Waals surface area contributed by atoms with Crippen LogP contribution in [0.15, 0.2) is 24.5 Å². The Bertz CT molecular complexity index is 795. The lowest BCUT2D eigenvalue weighted by atomic mass is 10.0. The minimum atomic E-state index is -1.16. The first-order valence-electron chi connectivity index (χ1n) is 9.20. The summed E-state index contributed by atoms with van der Waals surface area (Å²) in [7, 11) is 4.17. The van der Waals surface area contributed by atoms with Gasteiger partial charge in [0.2, 0.25) is 0 Å². The molecular weight excluding hydrogens is 398 g/mol. The van der Waals surface area contributed by atoms with Gasteiger partial charge >= 0.3 is 5.97 Å². The van der Waals surface area contributed by atoms with Crippen molar-refractivity contribution in [1.82, 2.24) is 5.32 Å². The smallest absolute Gasteiger partial charge is 0.338 e. The Hall–Kier alpha value is -2.82. The molecule has 1 amide bonds. The Labute approximate surface area is 174 Å². The normalized spacial score (nSPS) is 23.3. The Morgan fingerprint density at radius 2 is 1.83 bits per heavy atom. The summed E-state index contributed by atoms with van der Waals surface area (Å²) in [5, 5.41) is 22.6. The van der Waals surface area contributed by atoms with Crippen LogP contribution in [0.25, 0.3) is 0 Å².